The molecule has 1 aromatic heterocycles. The summed E-state index contributed by atoms with van der Waals surface area (Å²) in [6.45, 7) is 19.7. The molecule has 1 aromatic carbocycles. The van der Waals surface area contributed by atoms with Gasteiger partial charge in [-0.1, -0.05) is 44.7 Å². The van der Waals surface area contributed by atoms with Gasteiger partial charge in [-0.2, -0.15) is 0 Å². The molecular formula is C37H54N6O7. The van der Waals surface area contributed by atoms with Crippen molar-refractivity contribution >= 4 is 47.3 Å². The highest BCUT2D eigenvalue weighted by atomic mass is 16.6. The van der Waals surface area contributed by atoms with Gasteiger partial charge in [-0.25, -0.2) is 15.2 Å². The van der Waals surface area contributed by atoms with Gasteiger partial charge in [0.25, 0.3) is 5.91 Å². The van der Waals surface area contributed by atoms with Crippen molar-refractivity contribution in [3.8, 4) is 0 Å². The maximum absolute atomic E-state index is 13.0. The molecule has 0 spiro atoms. The Morgan fingerprint density at radius 2 is 1.72 bits per heavy atom. The topological polar surface area (TPSA) is 159 Å². The largest absolute Gasteiger partial charge is 0.455 e. The van der Waals surface area contributed by atoms with Crippen molar-refractivity contribution < 1.29 is 33.4 Å². The van der Waals surface area contributed by atoms with Gasteiger partial charge in [0.2, 0.25) is 12.3 Å². The van der Waals surface area contributed by atoms with Gasteiger partial charge in [-0.05, 0) is 90.8 Å². The maximum Gasteiger partial charge on any atom is 0.410 e. The van der Waals surface area contributed by atoms with Crippen LogP contribution in [0.15, 0.2) is 36.9 Å². The quantitative estimate of drug-likeness (QED) is 0.238. The lowest BCUT2D eigenvalue weighted by Gasteiger charge is -2.35. The first-order valence-electron chi connectivity index (χ1n) is 17.4. The Hall–Kier alpha value is -4.52. The molecule has 3 N–H and O–H groups in total. The lowest BCUT2D eigenvalue weighted by Crippen LogP contribution is -2.60. The summed E-state index contributed by atoms with van der Waals surface area (Å²) in [5, 5.41) is 7.42. The van der Waals surface area contributed by atoms with Gasteiger partial charge in [-0.15, -0.1) is 0 Å². The first kappa shape index (κ1) is 39.9. The molecule has 4 amide bonds. The van der Waals surface area contributed by atoms with E-state index >= 15 is 0 Å². The Labute approximate surface area is 295 Å². The molecule has 13 nitrogen and oxygen atoms in total. The first-order chi connectivity index (χ1) is 23.5. The molecule has 0 saturated carbocycles. The number of benzene rings is 1. The minimum absolute atomic E-state index is 0.150. The van der Waals surface area contributed by atoms with E-state index in [-0.39, 0.29) is 23.5 Å². The fourth-order valence-electron chi connectivity index (χ4n) is 5.70. The van der Waals surface area contributed by atoms with E-state index in [2.05, 4.69) is 34.5 Å². The van der Waals surface area contributed by atoms with Crippen LogP contribution < -0.4 is 16.1 Å². The molecule has 13 heteroatoms. The minimum Gasteiger partial charge on any atom is -0.455 e. The number of hydrogen-bond acceptors (Lipinski definition) is 9. The van der Waals surface area contributed by atoms with Crippen molar-refractivity contribution in [3.63, 3.8) is 0 Å². The van der Waals surface area contributed by atoms with E-state index in [1.54, 1.807) is 33.8 Å². The molecule has 274 valence electrons. The molecule has 0 radical (unpaired) electrons. The molecule has 0 bridgehead atoms. The predicted octanol–water partition coefficient (Wildman–Crippen LogP) is 4.66. The van der Waals surface area contributed by atoms with Gasteiger partial charge in [0.05, 0.1) is 11.2 Å². The van der Waals surface area contributed by atoms with Crippen LogP contribution in [-0.2, 0) is 28.7 Å². The fourth-order valence-corrected chi connectivity index (χ4v) is 5.70. The molecule has 2 aliphatic rings. The zero-order chi connectivity index (χ0) is 37.2. The van der Waals surface area contributed by atoms with Crippen molar-refractivity contribution in [2.24, 2.45) is 5.92 Å². The number of aromatic nitrogens is 1. The van der Waals surface area contributed by atoms with E-state index in [9.17, 15) is 24.0 Å². The average molecular weight is 695 g/mol. The van der Waals surface area contributed by atoms with Crippen LogP contribution in [0.25, 0.3) is 17.0 Å². The van der Waals surface area contributed by atoms with E-state index in [4.69, 9.17) is 9.47 Å². The van der Waals surface area contributed by atoms with Gasteiger partial charge in [0.1, 0.15) is 29.8 Å². The number of hydrogen-bond donors (Lipinski definition) is 3. The summed E-state index contributed by atoms with van der Waals surface area (Å²) in [5.74, 6) is -1.48. The standard InChI is InChI=1S/C27H35N5O5.C10H19NO2/c1-6-19-9-10-20-11-12-21(30-23(20)14-19)18(5)37-27(36)22-8-7-13-32(31-22)26(35)17(4)29-25(34)24(16(2)3)28-15-33;1-8-6-5-7-11(8)9(12)13-10(2,3)4/h6,9-12,14-18,22,24,31H,1,7-8,13H2,2-5H3,(H,28,33)(H,29,34);8H,5-7H2,1-4H3/t17?,18-,22?,24?;/m1./s1. The number of nitrogens with one attached hydrogen (secondary N) is 3. The fraction of sp³-hybridized carbons (Fsp3) is 0.568. The van der Waals surface area contributed by atoms with Crippen molar-refractivity contribution in [2.75, 3.05) is 13.1 Å². The smallest absolute Gasteiger partial charge is 0.410 e. The second-order valence-electron chi connectivity index (χ2n) is 14.2. The van der Waals surface area contributed by atoms with E-state index in [1.165, 1.54) is 5.01 Å². The predicted molar refractivity (Wildman–Crippen MR) is 191 cm³/mol. The summed E-state index contributed by atoms with van der Waals surface area (Å²) in [6, 6.07) is 7.62. The molecule has 0 aliphatic carbocycles. The number of likely N-dealkylation sites (tertiary alicyclic amines) is 1. The van der Waals surface area contributed by atoms with Crippen LogP contribution in [0.5, 0.6) is 0 Å². The number of rotatable bonds is 10. The van der Waals surface area contributed by atoms with Crippen molar-refractivity contribution in [3.05, 3.63) is 48.2 Å². The third-order valence-corrected chi connectivity index (χ3v) is 8.53. The average Bonchev–Trinajstić information content (AvgIpc) is 3.51. The molecule has 2 fully saturated rings. The minimum atomic E-state index is -0.856. The van der Waals surface area contributed by atoms with Crippen LogP contribution in [0.4, 0.5) is 4.79 Å². The van der Waals surface area contributed by atoms with Crippen molar-refractivity contribution in [1.82, 2.24) is 31.0 Å². The lowest BCUT2D eigenvalue weighted by atomic mass is 10.0. The van der Waals surface area contributed by atoms with Gasteiger partial charge in [0.15, 0.2) is 0 Å². The number of pyridine rings is 1. The zero-order valence-electron chi connectivity index (χ0n) is 30.7. The van der Waals surface area contributed by atoms with Crippen molar-refractivity contribution in [2.45, 2.75) is 117 Å². The van der Waals surface area contributed by atoms with E-state index in [0.29, 0.717) is 37.5 Å². The number of ether oxygens (including phenoxy) is 2. The van der Waals surface area contributed by atoms with Crippen LogP contribution in [0.3, 0.4) is 0 Å². The van der Waals surface area contributed by atoms with Crippen LogP contribution in [0.1, 0.15) is 98.4 Å². The number of carbonyl (C=O) groups excluding carboxylic acids is 5. The summed E-state index contributed by atoms with van der Waals surface area (Å²) in [6.07, 6.45) is 4.74. The molecule has 2 aromatic rings. The summed E-state index contributed by atoms with van der Waals surface area (Å²) in [4.78, 5) is 67.2. The number of hydrazine groups is 1. The van der Waals surface area contributed by atoms with Gasteiger partial charge in [0, 0.05) is 24.5 Å². The summed E-state index contributed by atoms with van der Waals surface area (Å²) in [5.41, 5.74) is 4.91. The zero-order valence-corrected chi connectivity index (χ0v) is 30.7. The van der Waals surface area contributed by atoms with Crippen LogP contribution in [-0.4, -0.2) is 88.0 Å². The molecule has 4 unspecified atom stereocenters. The molecule has 5 atom stereocenters. The van der Waals surface area contributed by atoms with E-state index in [1.807, 2.05) is 56.0 Å². The third-order valence-electron chi connectivity index (χ3n) is 8.53. The van der Waals surface area contributed by atoms with Crippen LogP contribution in [0.2, 0.25) is 0 Å². The molecule has 3 heterocycles. The molecule has 4 rings (SSSR count). The second kappa shape index (κ2) is 17.9. The number of nitrogens with zero attached hydrogens (tertiary/aromatic N) is 3. The summed E-state index contributed by atoms with van der Waals surface area (Å²) >= 11 is 0. The number of esters is 1. The van der Waals surface area contributed by atoms with Gasteiger partial charge in [-0.3, -0.25) is 24.2 Å². The summed E-state index contributed by atoms with van der Waals surface area (Å²) in [7, 11) is 0. The number of amides is 4. The normalized spacial score (nSPS) is 19.4. The second-order valence-corrected chi connectivity index (χ2v) is 14.2. The number of fused-ring (bicyclic) bond motifs is 1. The SMILES string of the molecule is C=Cc1ccc2ccc([C@@H](C)OC(=O)C3CCCN(C(=O)C(C)NC(=O)C(NC=O)C(C)C)N3)nc2c1.CC1CCCN1C(=O)OC(C)(C)C. The Balaban J connectivity index is 0.000000436. The van der Waals surface area contributed by atoms with Crippen LogP contribution in [0, 0.1) is 5.92 Å². The van der Waals surface area contributed by atoms with Crippen LogP contribution >= 0.6 is 0 Å². The van der Waals surface area contributed by atoms with Gasteiger partial charge >= 0.3 is 12.1 Å². The van der Waals surface area contributed by atoms with Crippen molar-refractivity contribution in [1.29, 1.82) is 0 Å². The summed E-state index contributed by atoms with van der Waals surface area (Å²) < 4.78 is 11.0. The lowest BCUT2D eigenvalue weighted by molar-refractivity contribution is -0.157. The highest BCUT2D eigenvalue weighted by Gasteiger charge is 2.34. The molecule has 2 aliphatic heterocycles. The van der Waals surface area contributed by atoms with E-state index < -0.39 is 36.1 Å². The third kappa shape index (κ3) is 11.3. The monoisotopic (exact) mass is 694 g/mol. The highest BCUT2D eigenvalue weighted by Crippen LogP contribution is 2.23. The molecular weight excluding hydrogens is 640 g/mol. The first-order valence-corrected chi connectivity index (χ1v) is 17.4. The molecule has 50 heavy (non-hydrogen) atoms. The van der Waals surface area contributed by atoms with Gasteiger partial charge < -0.3 is 25.0 Å². The Bertz CT molecular complexity index is 1520. The Morgan fingerprint density at radius 1 is 1.04 bits per heavy atom. The Kier molecular flexibility index (Phi) is 14.3. The number of carbonyl (C=O) groups is 5. The molecule has 2 saturated heterocycles. The Morgan fingerprint density at radius 3 is 2.32 bits per heavy atom. The maximum atomic E-state index is 13.0. The van der Waals surface area contributed by atoms with E-state index in [0.717, 1.165) is 35.9 Å². The highest BCUT2D eigenvalue weighted by molar-refractivity contribution is 5.90.